The van der Waals surface area contributed by atoms with Crippen molar-refractivity contribution >= 4 is 40.9 Å². The number of nitro groups is 1. The van der Waals surface area contributed by atoms with E-state index in [9.17, 15) is 29.9 Å². The van der Waals surface area contributed by atoms with Gasteiger partial charge < -0.3 is 25.3 Å². The quantitative estimate of drug-likeness (QED) is 0.213. The number of nitrogens with zero attached hydrogens (tertiary/aromatic N) is 4. The number of rotatable bonds is 5. The number of nitrogens with one attached hydrogen (secondary N) is 2. The first-order valence-corrected chi connectivity index (χ1v) is 11.9. The number of amides is 2. The van der Waals surface area contributed by atoms with Crippen molar-refractivity contribution in [3.63, 3.8) is 0 Å². The van der Waals surface area contributed by atoms with Gasteiger partial charge in [-0.25, -0.2) is 4.99 Å². The van der Waals surface area contributed by atoms with Gasteiger partial charge in [0.05, 0.1) is 28.0 Å². The molecule has 1 atom stereocenters. The molecular formula is C27H22N6O7. The van der Waals surface area contributed by atoms with Crippen LogP contribution in [0.15, 0.2) is 92.2 Å². The fourth-order valence-corrected chi connectivity index (χ4v) is 4.29. The molecule has 3 heterocycles. The highest BCUT2D eigenvalue weighted by atomic mass is 16.6. The van der Waals surface area contributed by atoms with Gasteiger partial charge in [-0.3, -0.25) is 19.7 Å². The third kappa shape index (κ3) is 4.90. The first kappa shape index (κ1) is 25.9. The molecule has 2 aliphatic heterocycles. The molecule has 1 aromatic heterocycles. The zero-order chi connectivity index (χ0) is 28.6. The van der Waals surface area contributed by atoms with E-state index in [1.807, 2.05) is 0 Å². The monoisotopic (exact) mass is 542 g/mol. The van der Waals surface area contributed by atoms with Crippen LogP contribution in [0.25, 0.3) is 6.08 Å². The van der Waals surface area contributed by atoms with Crippen LogP contribution in [0.3, 0.4) is 0 Å². The van der Waals surface area contributed by atoms with Crippen molar-refractivity contribution < 1.29 is 29.1 Å². The Labute approximate surface area is 226 Å². The predicted molar refractivity (Wildman–Crippen MR) is 144 cm³/mol. The largest absolute Gasteiger partial charge is 0.508 e. The number of non-ortho nitro benzene ring substituents is 1. The molecule has 40 heavy (non-hydrogen) atoms. The third-order valence-electron chi connectivity index (χ3n) is 6.19. The third-order valence-corrected chi connectivity index (χ3v) is 6.19. The molecule has 202 valence electrons. The summed E-state index contributed by atoms with van der Waals surface area (Å²) in [6, 6.07) is 11.5. The summed E-state index contributed by atoms with van der Waals surface area (Å²) >= 11 is 0. The molecule has 3 aromatic rings. The lowest BCUT2D eigenvalue weighted by Gasteiger charge is -2.28. The van der Waals surface area contributed by atoms with E-state index in [4.69, 9.17) is 4.42 Å². The number of guanidine groups is 1. The summed E-state index contributed by atoms with van der Waals surface area (Å²) in [5, 5.41) is 42.6. The van der Waals surface area contributed by atoms with Gasteiger partial charge in [0.2, 0.25) is 5.96 Å². The van der Waals surface area contributed by atoms with E-state index in [0.717, 1.165) is 11.1 Å². The summed E-state index contributed by atoms with van der Waals surface area (Å²) in [5.41, 5.74) is 1.16. The average molecular weight is 543 g/mol. The number of aliphatic imine (C=N–C) groups is 1. The number of aromatic hydroxyl groups is 2. The average Bonchev–Trinajstić information content (AvgIpc) is 3.52. The van der Waals surface area contributed by atoms with Gasteiger partial charge in [0.15, 0.2) is 0 Å². The second kappa shape index (κ2) is 10.2. The standard InChI is InChI=1S/C27H22N6O7/c1-14-21(13-19-7-4-10-40-19)26(37)32(31-14)27-28-15(2)23(24(30-27)20-9-8-18(34)12-22(20)35)25(36)29-16-5-3-6-17(11-16)33(38)39/h3-13,24,34-35H,1-2H3,(H,28,30)(H,29,36)/b21-13+. The van der Waals surface area contributed by atoms with Gasteiger partial charge in [-0.2, -0.15) is 10.1 Å². The van der Waals surface area contributed by atoms with E-state index >= 15 is 0 Å². The smallest absolute Gasteiger partial charge is 0.283 e. The Hall–Kier alpha value is -5.72. The Morgan fingerprint density at radius 2 is 1.98 bits per heavy atom. The molecule has 0 radical (unpaired) electrons. The Bertz CT molecular complexity index is 1670. The molecule has 0 spiro atoms. The van der Waals surface area contributed by atoms with Gasteiger partial charge in [0.1, 0.15) is 23.3 Å². The molecule has 0 aliphatic carbocycles. The van der Waals surface area contributed by atoms with Crippen LogP contribution >= 0.6 is 0 Å². The highest BCUT2D eigenvalue weighted by molar-refractivity contribution is 6.30. The number of hydrogen-bond acceptors (Lipinski definition) is 10. The van der Waals surface area contributed by atoms with Crippen molar-refractivity contribution in [2.45, 2.75) is 19.9 Å². The molecule has 5 rings (SSSR count). The van der Waals surface area contributed by atoms with Crippen LogP contribution in [-0.4, -0.2) is 43.6 Å². The number of nitro benzene ring substituents is 1. The zero-order valence-electron chi connectivity index (χ0n) is 21.2. The first-order chi connectivity index (χ1) is 19.1. The Kier molecular flexibility index (Phi) is 6.61. The van der Waals surface area contributed by atoms with Crippen LogP contribution in [0.2, 0.25) is 0 Å². The maximum atomic E-state index is 13.5. The maximum Gasteiger partial charge on any atom is 0.283 e. The number of phenols is 2. The van der Waals surface area contributed by atoms with Crippen molar-refractivity contribution in [3.8, 4) is 11.5 Å². The number of carbonyl (C=O) groups is 2. The van der Waals surface area contributed by atoms with E-state index < -0.39 is 22.8 Å². The number of furan rings is 1. The van der Waals surface area contributed by atoms with Gasteiger partial charge in [0.25, 0.3) is 17.5 Å². The molecule has 13 heteroatoms. The molecule has 0 saturated carbocycles. The summed E-state index contributed by atoms with van der Waals surface area (Å²) < 4.78 is 5.31. The van der Waals surface area contributed by atoms with Crippen molar-refractivity contribution in [1.29, 1.82) is 0 Å². The molecule has 1 unspecified atom stereocenters. The van der Waals surface area contributed by atoms with Crippen LogP contribution < -0.4 is 10.6 Å². The van der Waals surface area contributed by atoms with Crippen molar-refractivity contribution in [3.05, 3.63) is 99.1 Å². The summed E-state index contributed by atoms with van der Waals surface area (Å²) in [5.74, 6) is -1.24. The van der Waals surface area contributed by atoms with Gasteiger partial charge in [-0.15, -0.1) is 0 Å². The molecule has 2 aromatic carbocycles. The number of benzene rings is 2. The van der Waals surface area contributed by atoms with Gasteiger partial charge >= 0.3 is 0 Å². The number of anilines is 1. The minimum atomic E-state index is -1.14. The summed E-state index contributed by atoms with van der Waals surface area (Å²) in [6.07, 6.45) is 3.03. The van der Waals surface area contributed by atoms with Crippen LogP contribution in [0, 0.1) is 10.1 Å². The van der Waals surface area contributed by atoms with Gasteiger partial charge in [-0.05, 0) is 50.3 Å². The van der Waals surface area contributed by atoms with E-state index in [1.165, 1.54) is 42.7 Å². The Balaban J connectivity index is 1.52. The molecule has 0 saturated heterocycles. The van der Waals surface area contributed by atoms with E-state index in [2.05, 4.69) is 20.7 Å². The van der Waals surface area contributed by atoms with Crippen molar-refractivity contribution in [2.24, 2.45) is 10.1 Å². The topological polar surface area (TPSA) is 183 Å². The lowest BCUT2D eigenvalue weighted by atomic mass is 9.94. The molecule has 2 aliphatic rings. The fourth-order valence-electron chi connectivity index (χ4n) is 4.29. The normalized spacial score (nSPS) is 17.9. The van der Waals surface area contributed by atoms with E-state index in [-0.39, 0.29) is 51.2 Å². The minimum Gasteiger partial charge on any atom is -0.508 e. The molecule has 0 fully saturated rings. The Morgan fingerprint density at radius 1 is 1.18 bits per heavy atom. The van der Waals surface area contributed by atoms with Crippen LogP contribution in [-0.2, 0) is 9.59 Å². The van der Waals surface area contributed by atoms with Crippen molar-refractivity contribution in [1.82, 2.24) is 10.3 Å². The molecule has 0 bridgehead atoms. The van der Waals surface area contributed by atoms with Crippen LogP contribution in [0.4, 0.5) is 11.4 Å². The number of hydrogen-bond donors (Lipinski definition) is 4. The fraction of sp³-hybridized carbons (Fsp3) is 0.111. The number of hydrazone groups is 1. The lowest BCUT2D eigenvalue weighted by Crippen LogP contribution is -2.43. The summed E-state index contributed by atoms with van der Waals surface area (Å²) in [4.78, 5) is 41.9. The van der Waals surface area contributed by atoms with E-state index in [0.29, 0.717) is 11.5 Å². The zero-order valence-corrected chi connectivity index (χ0v) is 21.2. The number of allylic oxidation sites excluding steroid dienone is 1. The van der Waals surface area contributed by atoms with Gasteiger partial charge in [0, 0.05) is 35.1 Å². The van der Waals surface area contributed by atoms with Gasteiger partial charge in [-0.1, -0.05) is 6.07 Å². The SMILES string of the molecule is CC1=NN(C2=NC(c3ccc(O)cc3O)C(C(=O)Nc3cccc([N+](=O)[O-])c3)=C(C)N2)C(=O)/C1=C/c1ccco1. The first-order valence-electron chi connectivity index (χ1n) is 11.9. The second-order valence-electron chi connectivity index (χ2n) is 8.90. The van der Waals surface area contributed by atoms with Crippen LogP contribution in [0.1, 0.15) is 31.2 Å². The highest BCUT2D eigenvalue weighted by Crippen LogP contribution is 2.38. The van der Waals surface area contributed by atoms with E-state index in [1.54, 1.807) is 32.1 Å². The minimum absolute atomic E-state index is 0.00549. The molecular weight excluding hydrogens is 520 g/mol. The molecule has 2 amide bonds. The highest BCUT2D eigenvalue weighted by Gasteiger charge is 2.37. The maximum absolute atomic E-state index is 13.5. The van der Waals surface area contributed by atoms with Crippen LogP contribution in [0.5, 0.6) is 11.5 Å². The number of carbonyl (C=O) groups excluding carboxylic acids is 2. The summed E-state index contributed by atoms with van der Waals surface area (Å²) in [6.45, 7) is 3.23. The predicted octanol–water partition coefficient (Wildman–Crippen LogP) is 3.81. The van der Waals surface area contributed by atoms with Crippen molar-refractivity contribution in [2.75, 3.05) is 5.32 Å². The molecule has 13 nitrogen and oxygen atoms in total. The Morgan fingerprint density at radius 3 is 2.67 bits per heavy atom. The second-order valence-corrected chi connectivity index (χ2v) is 8.90. The molecule has 4 N–H and O–H groups in total. The summed E-state index contributed by atoms with van der Waals surface area (Å²) in [7, 11) is 0. The lowest BCUT2D eigenvalue weighted by molar-refractivity contribution is -0.384. The number of phenolic OH excluding ortho intramolecular Hbond substituents is 2.